The van der Waals surface area contributed by atoms with Crippen molar-refractivity contribution in [2.45, 2.75) is 19.4 Å². The minimum Gasteiger partial charge on any atom is -0.338 e. The van der Waals surface area contributed by atoms with Crippen LogP contribution in [0.3, 0.4) is 0 Å². The first kappa shape index (κ1) is 16.6. The van der Waals surface area contributed by atoms with Gasteiger partial charge >= 0.3 is 0 Å². The molecule has 1 N–H and O–H groups in total. The van der Waals surface area contributed by atoms with Gasteiger partial charge in [-0.25, -0.2) is 4.39 Å². The van der Waals surface area contributed by atoms with Gasteiger partial charge in [-0.1, -0.05) is 24.3 Å². The maximum atomic E-state index is 13.9. The molecule has 0 radical (unpaired) electrons. The van der Waals surface area contributed by atoms with Gasteiger partial charge in [-0.05, 0) is 48.7 Å². The zero-order valence-corrected chi connectivity index (χ0v) is 13.6. The Balaban J connectivity index is 1.72. The molecule has 1 unspecified atom stereocenters. The van der Waals surface area contributed by atoms with Gasteiger partial charge in [0.25, 0.3) is 0 Å². The third-order valence-electron chi connectivity index (χ3n) is 4.39. The number of amides is 1. The molecule has 1 aromatic carbocycles. The lowest BCUT2D eigenvalue weighted by molar-refractivity contribution is -0.131. The van der Waals surface area contributed by atoms with Crippen LogP contribution < -0.4 is 5.32 Å². The van der Waals surface area contributed by atoms with Gasteiger partial charge in [0.2, 0.25) is 5.91 Å². The molecule has 0 spiro atoms. The molecule has 1 fully saturated rings. The SMILES string of the molecule is O=C(Cc1ccccc1F)N(Cc1cccnc1)CC1CCNC1. The van der Waals surface area contributed by atoms with Crippen LogP contribution in [0, 0.1) is 11.7 Å². The highest BCUT2D eigenvalue weighted by molar-refractivity contribution is 5.78. The number of benzene rings is 1. The Morgan fingerprint density at radius 1 is 1.29 bits per heavy atom. The number of halogens is 1. The molecule has 2 aromatic rings. The third-order valence-corrected chi connectivity index (χ3v) is 4.39. The number of hydrogen-bond donors (Lipinski definition) is 1. The number of carbonyl (C=O) groups is 1. The number of nitrogens with zero attached hydrogens (tertiary/aromatic N) is 2. The van der Waals surface area contributed by atoms with Crippen LogP contribution in [0.25, 0.3) is 0 Å². The van der Waals surface area contributed by atoms with E-state index in [0.717, 1.165) is 25.1 Å². The fraction of sp³-hybridized carbons (Fsp3) is 0.368. The van der Waals surface area contributed by atoms with Crippen LogP contribution in [0.4, 0.5) is 4.39 Å². The van der Waals surface area contributed by atoms with E-state index in [0.29, 0.717) is 24.6 Å². The van der Waals surface area contributed by atoms with Crippen molar-refractivity contribution in [3.8, 4) is 0 Å². The highest BCUT2D eigenvalue weighted by Gasteiger charge is 2.22. The van der Waals surface area contributed by atoms with Crippen LogP contribution in [-0.4, -0.2) is 35.4 Å². The zero-order chi connectivity index (χ0) is 16.8. The summed E-state index contributed by atoms with van der Waals surface area (Å²) in [5.41, 5.74) is 1.44. The number of nitrogens with one attached hydrogen (secondary N) is 1. The van der Waals surface area contributed by atoms with Gasteiger partial charge in [0.1, 0.15) is 5.82 Å². The Labute approximate surface area is 141 Å². The minimum atomic E-state index is -0.324. The largest absolute Gasteiger partial charge is 0.338 e. The zero-order valence-electron chi connectivity index (χ0n) is 13.6. The first-order valence-electron chi connectivity index (χ1n) is 8.33. The first-order valence-corrected chi connectivity index (χ1v) is 8.33. The summed E-state index contributed by atoms with van der Waals surface area (Å²) in [5, 5.41) is 3.33. The predicted octanol–water partition coefficient (Wildman–Crippen LogP) is 2.40. The van der Waals surface area contributed by atoms with Gasteiger partial charge in [-0.2, -0.15) is 0 Å². The maximum Gasteiger partial charge on any atom is 0.227 e. The van der Waals surface area contributed by atoms with E-state index in [1.54, 1.807) is 30.6 Å². The van der Waals surface area contributed by atoms with Crippen molar-refractivity contribution in [1.82, 2.24) is 15.2 Å². The summed E-state index contributed by atoms with van der Waals surface area (Å²) in [4.78, 5) is 18.7. The van der Waals surface area contributed by atoms with Crippen molar-refractivity contribution in [3.63, 3.8) is 0 Å². The fourth-order valence-corrected chi connectivity index (χ4v) is 3.07. The molecule has 1 aromatic heterocycles. The van der Waals surface area contributed by atoms with E-state index >= 15 is 0 Å². The molecule has 4 nitrogen and oxygen atoms in total. The summed E-state index contributed by atoms with van der Waals surface area (Å²) in [7, 11) is 0. The molecule has 24 heavy (non-hydrogen) atoms. The summed E-state index contributed by atoms with van der Waals surface area (Å²) in [5.74, 6) is 0.0804. The Hall–Kier alpha value is -2.27. The van der Waals surface area contributed by atoms with Crippen LogP contribution in [0.1, 0.15) is 17.5 Å². The highest BCUT2D eigenvalue weighted by atomic mass is 19.1. The highest BCUT2D eigenvalue weighted by Crippen LogP contribution is 2.15. The van der Waals surface area contributed by atoms with Crippen molar-refractivity contribution < 1.29 is 9.18 Å². The van der Waals surface area contributed by atoms with Gasteiger partial charge in [0.05, 0.1) is 6.42 Å². The summed E-state index contributed by atoms with van der Waals surface area (Å²) < 4.78 is 13.9. The molecular formula is C19H22FN3O. The van der Waals surface area contributed by atoms with Crippen molar-refractivity contribution >= 4 is 5.91 Å². The topological polar surface area (TPSA) is 45.2 Å². The molecule has 126 valence electrons. The molecule has 2 heterocycles. The van der Waals surface area contributed by atoms with E-state index < -0.39 is 0 Å². The monoisotopic (exact) mass is 327 g/mol. The molecule has 1 aliphatic rings. The van der Waals surface area contributed by atoms with Gasteiger partial charge in [-0.15, -0.1) is 0 Å². The van der Waals surface area contributed by atoms with Crippen LogP contribution in [0.2, 0.25) is 0 Å². The Morgan fingerprint density at radius 3 is 2.88 bits per heavy atom. The van der Waals surface area contributed by atoms with E-state index in [9.17, 15) is 9.18 Å². The molecule has 1 saturated heterocycles. The average molecular weight is 327 g/mol. The molecule has 0 aliphatic carbocycles. The van der Waals surface area contributed by atoms with E-state index in [4.69, 9.17) is 0 Å². The molecule has 0 bridgehead atoms. The second-order valence-electron chi connectivity index (χ2n) is 6.26. The smallest absolute Gasteiger partial charge is 0.227 e. The summed E-state index contributed by atoms with van der Waals surface area (Å²) >= 11 is 0. The predicted molar refractivity (Wildman–Crippen MR) is 90.7 cm³/mol. The summed E-state index contributed by atoms with van der Waals surface area (Å²) in [6.45, 7) is 3.12. The van der Waals surface area contributed by atoms with E-state index in [2.05, 4.69) is 10.3 Å². The normalized spacial score (nSPS) is 17.0. The van der Waals surface area contributed by atoms with Crippen molar-refractivity contribution in [2.75, 3.05) is 19.6 Å². The molecule has 1 atom stereocenters. The molecule has 3 rings (SSSR count). The lowest BCUT2D eigenvalue weighted by Crippen LogP contribution is -2.36. The number of aromatic nitrogens is 1. The second-order valence-corrected chi connectivity index (χ2v) is 6.26. The van der Waals surface area contributed by atoms with Gasteiger partial charge in [0, 0.05) is 25.5 Å². The quantitative estimate of drug-likeness (QED) is 0.886. The van der Waals surface area contributed by atoms with Gasteiger partial charge < -0.3 is 10.2 Å². The van der Waals surface area contributed by atoms with Crippen molar-refractivity contribution in [3.05, 3.63) is 65.7 Å². The van der Waals surface area contributed by atoms with Gasteiger partial charge in [0.15, 0.2) is 0 Å². The van der Waals surface area contributed by atoms with E-state index in [1.807, 2.05) is 17.0 Å². The first-order chi connectivity index (χ1) is 11.7. The Kier molecular flexibility index (Phi) is 5.54. The molecular weight excluding hydrogens is 305 g/mol. The van der Waals surface area contributed by atoms with Crippen LogP contribution in [-0.2, 0) is 17.8 Å². The average Bonchev–Trinajstić information content (AvgIpc) is 3.10. The lowest BCUT2D eigenvalue weighted by Gasteiger charge is -2.26. The molecule has 1 aliphatic heterocycles. The number of hydrogen-bond acceptors (Lipinski definition) is 3. The summed E-state index contributed by atoms with van der Waals surface area (Å²) in [6.07, 6.45) is 4.65. The fourth-order valence-electron chi connectivity index (χ4n) is 3.07. The lowest BCUT2D eigenvalue weighted by atomic mass is 10.1. The van der Waals surface area contributed by atoms with Crippen molar-refractivity contribution in [2.24, 2.45) is 5.92 Å². The minimum absolute atomic E-state index is 0.0455. The second kappa shape index (κ2) is 8.02. The Bertz CT molecular complexity index is 671. The number of rotatable bonds is 6. The standard InChI is InChI=1S/C19H22FN3O/c20-18-6-2-1-5-17(18)10-19(24)23(14-16-7-9-22-12-16)13-15-4-3-8-21-11-15/h1-6,8,11,16,22H,7,9-10,12-14H2. The van der Waals surface area contributed by atoms with E-state index in [1.165, 1.54) is 6.07 Å². The number of pyridine rings is 1. The Morgan fingerprint density at radius 2 is 2.17 bits per heavy atom. The molecule has 5 heteroatoms. The van der Waals surface area contributed by atoms with Gasteiger partial charge in [-0.3, -0.25) is 9.78 Å². The van der Waals surface area contributed by atoms with E-state index in [-0.39, 0.29) is 18.1 Å². The summed E-state index contributed by atoms with van der Waals surface area (Å²) in [6, 6.07) is 10.3. The molecule has 1 amide bonds. The third kappa shape index (κ3) is 4.38. The van der Waals surface area contributed by atoms with Crippen LogP contribution in [0.15, 0.2) is 48.8 Å². The van der Waals surface area contributed by atoms with Crippen LogP contribution in [0.5, 0.6) is 0 Å². The van der Waals surface area contributed by atoms with Crippen LogP contribution >= 0.6 is 0 Å². The van der Waals surface area contributed by atoms with Crippen molar-refractivity contribution in [1.29, 1.82) is 0 Å². The molecule has 0 saturated carbocycles. The number of carbonyl (C=O) groups excluding carboxylic acids is 1. The maximum absolute atomic E-state index is 13.9.